The Morgan fingerprint density at radius 1 is 1.32 bits per heavy atom. The quantitative estimate of drug-likeness (QED) is 0.678. The van der Waals surface area contributed by atoms with Gasteiger partial charge in [0.15, 0.2) is 0 Å². The minimum absolute atomic E-state index is 0.149. The third-order valence-corrected chi connectivity index (χ3v) is 6.64. The number of hydrogen-bond donors (Lipinski definition) is 0. The van der Waals surface area contributed by atoms with Crippen LogP contribution in [0.5, 0.6) is 0 Å². The third-order valence-electron chi connectivity index (χ3n) is 6.64. The fourth-order valence-corrected chi connectivity index (χ4v) is 5.75. The van der Waals surface area contributed by atoms with Crippen molar-refractivity contribution >= 4 is 6.29 Å². The number of carbonyl (C=O) groups is 1. The second-order valence-electron chi connectivity index (χ2n) is 7.68. The van der Waals surface area contributed by atoms with E-state index in [0.717, 1.165) is 24.2 Å². The number of hydrogen-bond acceptors (Lipinski definition) is 1. The molecule has 5 unspecified atom stereocenters. The highest BCUT2D eigenvalue weighted by Gasteiger charge is 2.61. The normalized spacial score (nSPS) is 46.8. The van der Waals surface area contributed by atoms with Gasteiger partial charge in [-0.1, -0.05) is 38.8 Å². The zero-order valence-corrected chi connectivity index (χ0v) is 12.3. The largest absolute Gasteiger partial charge is 0.302 e. The summed E-state index contributed by atoms with van der Waals surface area (Å²) in [6.07, 6.45) is 8.79. The van der Waals surface area contributed by atoms with Crippen molar-refractivity contribution in [1.29, 1.82) is 0 Å². The first-order valence-corrected chi connectivity index (χ1v) is 8.00. The minimum Gasteiger partial charge on any atom is -0.302 e. The number of carbonyl (C=O) groups excluding carboxylic acids is 1. The molecule has 0 aromatic rings. The Morgan fingerprint density at radius 2 is 2.11 bits per heavy atom. The standard InChI is InChI=1S/C18H24O/c1-10(2)14-6-12-7-15-13-5-4-11(3)16(13)8-18(12,9-19)17(14)15/h6,9-11,13,15-16H,4-5,7-8H2,1-3H3. The second-order valence-corrected chi connectivity index (χ2v) is 7.68. The summed E-state index contributed by atoms with van der Waals surface area (Å²) in [6, 6.07) is 0. The van der Waals surface area contributed by atoms with E-state index in [1.54, 1.807) is 5.57 Å². The molecule has 1 heteroatoms. The van der Waals surface area contributed by atoms with Crippen molar-refractivity contribution in [3.8, 4) is 0 Å². The Balaban J connectivity index is 1.87. The maximum atomic E-state index is 12.0. The summed E-state index contributed by atoms with van der Waals surface area (Å²) in [6.45, 7) is 6.97. The molecule has 0 heterocycles. The number of rotatable bonds is 2. The first kappa shape index (κ1) is 11.9. The Labute approximate surface area is 116 Å². The minimum atomic E-state index is -0.149. The number of allylic oxidation sites excluding steroid dienone is 4. The van der Waals surface area contributed by atoms with Crippen molar-refractivity contribution in [3.63, 3.8) is 0 Å². The average molecular weight is 256 g/mol. The van der Waals surface area contributed by atoms with E-state index >= 15 is 0 Å². The first-order valence-electron chi connectivity index (χ1n) is 8.00. The Hall–Kier alpha value is -0.850. The van der Waals surface area contributed by atoms with Crippen molar-refractivity contribution < 1.29 is 4.79 Å². The summed E-state index contributed by atoms with van der Waals surface area (Å²) >= 11 is 0. The van der Waals surface area contributed by atoms with Crippen LogP contribution in [0, 0.1) is 35.0 Å². The van der Waals surface area contributed by atoms with Crippen LogP contribution in [0.15, 0.2) is 22.8 Å². The van der Waals surface area contributed by atoms with E-state index in [9.17, 15) is 4.79 Å². The number of aldehydes is 1. The molecule has 0 aromatic heterocycles. The lowest BCUT2D eigenvalue weighted by Crippen LogP contribution is -2.36. The highest BCUT2D eigenvalue weighted by molar-refractivity contribution is 5.79. The van der Waals surface area contributed by atoms with E-state index in [1.165, 1.54) is 36.7 Å². The molecule has 5 atom stereocenters. The van der Waals surface area contributed by atoms with E-state index in [-0.39, 0.29) is 5.41 Å². The summed E-state index contributed by atoms with van der Waals surface area (Å²) in [4.78, 5) is 12.0. The summed E-state index contributed by atoms with van der Waals surface area (Å²) in [7, 11) is 0. The van der Waals surface area contributed by atoms with Crippen molar-refractivity contribution in [2.45, 2.75) is 46.5 Å². The first-order chi connectivity index (χ1) is 9.08. The zero-order chi connectivity index (χ0) is 13.4. The highest BCUT2D eigenvalue weighted by Crippen LogP contribution is 2.69. The van der Waals surface area contributed by atoms with Crippen LogP contribution in [0.4, 0.5) is 0 Å². The molecule has 19 heavy (non-hydrogen) atoms. The summed E-state index contributed by atoms with van der Waals surface area (Å²) in [5, 5.41) is 0. The fraction of sp³-hybridized carbons (Fsp3) is 0.722. The maximum Gasteiger partial charge on any atom is 0.134 e. The predicted octanol–water partition coefficient (Wildman–Crippen LogP) is 4.15. The van der Waals surface area contributed by atoms with E-state index in [0.29, 0.717) is 11.8 Å². The molecule has 3 saturated carbocycles. The molecule has 4 rings (SSSR count). The summed E-state index contributed by atoms with van der Waals surface area (Å²) in [5.74, 6) is 3.79. The molecule has 4 aliphatic rings. The molecule has 3 fully saturated rings. The molecule has 0 spiro atoms. The van der Waals surface area contributed by atoms with Gasteiger partial charge < -0.3 is 4.79 Å². The number of fused-ring (bicyclic) bond motifs is 2. The van der Waals surface area contributed by atoms with Crippen molar-refractivity contribution in [2.75, 3.05) is 0 Å². The van der Waals surface area contributed by atoms with Gasteiger partial charge in [-0.25, -0.2) is 0 Å². The Kier molecular flexibility index (Phi) is 2.27. The molecule has 0 N–H and O–H groups in total. The van der Waals surface area contributed by atoms with Gasteiger partial charge >= 0.3 is 0 Å². The van der Waals surface area contributed by atoms with Gasteiger partial charge in [0.2, 0.25) is 0 Å². The van der Waals surface area contributed by atoms with Gasteiger partial charge in [0.25, 0.3) is 0 Å². The molecule has 4 aliphatic carbocycles. The Bertz CT molecular complexity index is 510. The summed E-state index contributed by atoms with van der Waals surface area (Å²) < 4.78 is 0. The summed E-state index contributed by atoms with van der Waals surface area (Å²) in [5.41, 5.74) is 4.39. The molecule has 0 aromatic carbocycles. The highest BCUT2D eigenvalue weighted by atomic mass is 16.1. The molecule has 0 radical (unpaired) electrons. The van der Waals surface area contributed by atoms with E-state index in [4.69, 9.17) is 0 Å². The van der Waals surface area contributed by atoms with Gasteiger partial charge in [-0.2, -0.15) is 0 Å². The Morgan fingerprint density at radius 3 is 2.79 bits per heavy atom. The average Bonchev–Trinajstić information content (AvgIpc) is 2.99. The smallest absolute Gasteiger partial charge is 0.134 e. The van der Waals surface area contributed by atoms with Crippen molar-refractivity contribution in [1.82, 2.24) is 0 Å². The maximum absolute atomic E-state index is 12.0. The molecule has 102 valence electrons. The van der Waals surface area contributed by atoms with Crippen molar-refractivity contribution in [3.05, 3.63) is 22.8 Å². The van der Waals surface area contributed by atoms with Crippen LogP contribution < -0.4 is 0 Å². The van der Waals surface area contributed by atoms with Crippen LogP contribution in [-0.2, 0) is 4.79 Å². The van der Waals surface area contributed by atoms with E-state index in [1.807, 2.05) is 0 Å². The molecular formula is C18H24O. The van der Waals surface area contributed by atoms with Gasteiger partial charge in [0.1, 0.15) is 6.29 Å². The zero-order valence-electron chi connectivity index (χ0n) is 12.3. The third kappa shape index (κ3) is 1.25. The lowest BCUT2D eigenvalue weighted by atomic mass is 9.62. The molecule has 0 aliphatic heterocycles. The second kappa shape index (κ2) is 3.62. The lowest BCUT2D eigenvalue weighted by molar-refractivity contribution is -0.114. The molecule has 4 bridgehead atoms. The van der Waals surface area contributed by atoms with Crippen LogP contribution >= 0.6 is 0 Å². The van der Waals surface area contributed by atoms with Crippen LogP contribution in [0.25, 0.3) is 0 Å². The van der Waals surface area contributed by atoms with Crippen LogP contribution in [0.3, 0.4) is 0 Å². The van der Waals surface area contributed by atoms with Crippen LogP contribution in [0.1, 0.15) is 46.5 Å². The van der Waals surface area contributed by atoms with Crippen LogP contribution in [-0.4, -0.2) is 6.29 Å². The van der Waals surface area contributed by atoms with E-state index in [2.05, 4.69) is 26.8 Å². The molecule has 1 nitrogen and oxygen atoms in total. The topological polar surface area (TPSA) is 17.1 Å². The van der Waals surface area contributed by atoms with E-state index < -0.39 is 0 Å². The molecular weight excluding hydrogens is 232 g/mol. The molecule has 0 amide bonds. The lowest BCUT2D eigenvalue weighted by Gasteiger charge is -2.41. The van der Waals surface area contributed by atoms with Gasteiger partial charge in [0.05, 0.1) is 5.41 Å². The predicted molar refractivity (Wildman–Crippen MR) is 76.5 cm³/mol. The SMILES string of the molecule is CC(C)C1=C2C3CC(=C1)C2(C=O)CC1C(C)CCC31. The van der Waals surface area contributed by atoms with Gasteiger partial charge in [0, 0.05) is 0 Å². The monoisotopic (exact) mass is 256 g/mol. The van der Waals surface area contributed by atoms with Gasteiger partial charge in [-0.05, 0) is 60.0 Å². The van der Waals surface area contributed by atoms with Gasteiger partial charge in [-0.3, -0.25) is 0 Å². The van der Waals surface area contributed by atoms with Crippen LogP contribution in [0.2, 0.25) is 0 Å². The fourth-order valence-electron chi connectivity index (χ4n) is 5.75. The molecule has 0 saturated heterocycles. The van der Waals surface area contributed by atoms with Gasteiger partial charge in [-0.15, -0.1) is 0 Å². The van der Waals surface area contributed by atoms with Crippen molar-refractivity contribution in [2.24, 2.45) is 35.0 Å².